The van der Waals surface area contributed by atoms with Gasteiger partial charge in [-0.1, -0.05) is 29.8 Å². The Bertz CT molecular complexity index is 1080. The Labute approximate surface area is 162 Å². The van der Waals surface area contributed by atoms with Gasteiger partial charge in [0.1, 0.15) is 11.6 Å². The lowest BCUT2D eigenvalue weighted by Crippen LogP contribution is -2.02. The smallest absolute Gasteiger partial charge is 0.142 e. The second-order valence-electron chi connectivity index (χ2n) is 6.13. The summed E-state index contributed by atoms with van der Waals surface area (Å²) < 4.78 is 21.6. The first-order chi connectivity index (χ1) is 13.0. The summed E-state index contributed by atoms with van der Waals surface area (Å²) in [5, 5.41) is 10.1. The van der Waals surface area contributed by atoms with Crippen molar-refractivity contribution in [2.45, 2.75) is 13.8 Å². The Morgan fingerprint density at radius 1 is 1.19 bits per heavy atom. The Hall–Kier alpha value is -3.03. The number of hydrogen-bond acceptors (Lipinski definition) is 2. The molecule has 3 nitrogen and oxygen atoms in total. The van der Waals surface area contributed by atoms with Crippen molar-refractivity contribution in [3.63, 3.8) is 0 Å². The monoisotopic (exact) mass is 380 g/mol. The maximum absolute atomic E-state index is 14.1. The number of nitriles is 1. The minimum Gasteiger partial charge on any atom is -0.495 e. The van der Waals surface area contributed by atoms with E-state index < -0.39 is 5.82 Å². The molecule has 3 rings (SSSR count). The zero-order valence-corrected chi connectivity index (χ0v) is 16.0. The van der Waals surface area contributed by atoms with E-state index in [1.807, 2.05) is 36.6 Å². The predicted octanol–water partition coefficient (Wildman–Crippen LogP) is 5.96. The van der Waals surface area contributed by atoms with Crippen LogP contribution in [0, 0.1) is 31.0 Å². The van der Waals surface area contributed by atoms with Crippen LogP contribution in [-0.4, -0.2) is 11.7 Å². The summed E-state index contributed by atoms with van der Waals surface area (Å²) in [6, 6.07) is 15.7. The molecular formula is C22H18ClFN2O. The summed E-state index contributed by atoms with van der Waals surface area (Å²) in [5.41, 5.74) is 4.04. The lowest BCUT2D eigenvalue weighted by molar-refractivity contribution is 0.412. The van der Waals surface area contributed by atoms with Crippen LogP contribution in [-0.2, 0) is 0 Å². The third-order valence-corrected chi connectivity index (χ3v) is 4.67. The lowest BCUT2D eigenvalue weighted by Gasteiger charge is -2.14. The molecule has 5 heteroatoms. The molecular weight excluding hydrogens is 363 g/mol. The number of hydrogen-bond donors (Lipinski definition) is 0. The van der Waals surface area contributed by atoms with Gasteiger partial charge in [-0.2, -0.15) is 5.26 Å². The van der Waals surface area contributed by atoms with Crippen LogP contribution in [0.2, 0.25) is 5.02 Å². The van der Waals surface area contributed by atoms with E-state index in [1.54, 1.807) is 37.5 Å². The number of aromatic nitrogens is 1. The van der Waals surface area contributed by atoms with Crippen molar-refractivity contribution in [2.75, 3.05) is 7.11 Å². The molecule has 0 amide bonds. The zero-order chi connectivity index (χ0) is 19.6. The molecule has 0 N–H and O–H groups in total. The molecule has 0 spiro atoms. The highest BCUT2D eigenvalue weighted by atomic mass is 35.5. The predicted molar refractivity (Wildman–Crippen MR) is 107 cm³/mol. The number of ether oxygens (including phenoxy) is 1. The molecule has 2 aromatic carbocycles. The molecule has 0 aliphatic heterocycles. The van der Waals surface area contributed by atoms with Gasteiger partial charge in [0.05, 0.1) is 24.4 Å². The van der Waals surface area contributed by atoms with Crippen LogP contribution in [0.15, 0.2) is 48.5 Å². The molecule has 1 heterocycles. The van der Waals surface area contributed by atoms with E-state index in [4.69, 9.17) is 16.3 Å². The first-order valence-electron chi connectivity index (χ1n) is 8.35. The summed E-state index contributed by atoms with van der Waals surface area (Å²) >= 11 is 6.17. The summed E-state index contributed by atoms with van der Waals surface area (Å²) in [6.45, 7) is 3.90. The Kier molecular flexibility index (Phi) is 5.34. The Morgan fingerprint density at radius 3 is 2.59 bits per heavy atom. The molecule has 0 bridgehead atoms. The molecule has 0 aliphatic carbocycles. The Balaban J connectivity index is 2.16. The van der Waals surface area contributed by atoms with Crippen molar-refractivity contribution in [2.24, 2.45) is 0 Å². The average molecular weight is 381 g/mol. The van der Waals surface area contributed by atoms with Crippen molar-refractivity contribution in [1.82, 2.24) is 4.57 Å². The third-order valence-electron chi connectivity index (χ3n) is 4.44. The van der Waals surface area contributed by atoms with Crippen molar-refractivity contribution >= 4 is 23.3 Å². The fourth-order valence-corrected chi connectivity index (χ4v) is 3.31. The van der Waals surface area contributed by atoms with E-state index in [0.29, 0.717) is 10.8 Å². The van der Waals surface area contributed by atoms with E-state index in [2.05, 4.69) is 6.07 Å². The highest BCUT2D eigenvalue weighted by Crippen LogP contribution is 2.32. The topological polar surface area (TPSA) is 38.0 Å². The van der Waals surface area contributed by atoms with Crippen LogP contribution in [0.5, 0.6) is 5.75 Å². The quantitative estimate of drug-likeness (QED) is 0.524. The second-order valence-corrected chi connectivity index (χ2v) is 6.56. The van der Waals surface area contributed by atoms with E-state index in [9.17, 15) is 9.65 Å². The van der Waals surface area contributed by atoms with Crippen LogP contribution < -0.4 is 4.74 Å². The highest BCUT2D eigenvalue weighted by Gasteiger charge is 2.15. The van der Waals surface area contributed by atoms with Gasteiger partial charge >= 0.3 is 0 Å². The molecule has 27 heavy (non-hydrogen) atoms. The van der Waals surface area contributed by atoms with Gasteiger partial charge in [-0.3, -0.25) is 0 Å². The van der Waals surface area contributed by atoms with Crippen molar-refractivity contribution < 1.29 is 9.13 Å². The third kappa shape index (κ3) is 3.60. The molecule has 3 aromatic rings. The summed E-state index contributed by atoms with van der Waals surface area (Å²) in [5.74, 6) is 0.266. The number of methoxy groups -OCH3 is 1. The lowest BCUT2D eigenvalue weighted by atomic mass is 10.0. The van der Waals surface area contributed by atoms with Gasteiger partial charge < -0.3 is 9.30 Å². The van der Waals surface area contributed by atoms with Gasteiger partial charge in [0.25, 0.3) is 0 Å². The number of aryl methyl sites for hydroxylation is 1. The maximum Gasteiger partial charge on any atom is 0.142 e. The first kappa shape index (κ1) is 18.8. The molecule has 1 aromatic heterocycles. The normalized spacial score (nSPS) is 11.3. The van der Waals surface area contributed by atoms with Crippen molar-refractivity contribution in [3.05, 3.63) is 81.9 Å². The standard InChI is InChI=1S/C22H18ClFN2O/c1-14-10-16(11-17(13-25)19-6-4-5-7-20(19)24)15(2)26(14)21-12-18(23)8-9-22(21)27-3/h4-12H,1-3H3. The van der Waals surface area contributed by atoms with E-state index in [-0.39, 0.29) is 11.1 Å². The van der Waals surface area contributed by atoms with E-state index in [1.165, 1.54) is 6.07 Å². The average Bonchev–Trinajstić information content (AvgIpc) is 2.93. The molecule has 0 fully saturated rings. The maximum atomic E-state index is 14.1. The molecule has 0 saturated heterocycles. The van der Waals surface area contributed by atoms with Gasteiger partial charge in [0.15, 0.2) is 0 Å². The van der Waals surface area contributed by atoms with Gasteiger partial charge in [0, 0.05) is 22.0 Å². The van der Waals surface area contributed by atoms with Crippen LogP contribution in [0.25, 0.3) is 17.3 Å². The van der Waals surface area contributed by atoms with Crippen LogP contribution in [0.3, 0.4) is 0 Å². The van der Waals surface area contributed by atoms with E-state index >= 15 is 0 Å². The number of halogens is 2. The minimum absolute atomic E-state index is 0.270. The minimum atomic E-state index is -0.421. The van der Waals surface area contributed by atoms with Gasteiger partial charge in [-0.25, -0.2) is 4.39 Å². The largest absolute Gasteiger partial charge is 0.495 e. The SMILES string of the molecule is COc1ccc(Cl)cc1-n1c(C)cc(C=C(C#N)c2ccccc2F)c1C. The molecule has 0 aliphatic rings. The van der Waals surface area contributed by atoms with Gasteiger partial charge in [-0.15, -0.1) is 0 Å². The molecule has 0 saturated carbocycles. The van der Waals surface area contributed by atoms with Crippen LogP contribution in [0.4, 0.5) is 4.39 Å². The Morgan fingerprint density at radius 2 is 1.93 bits per heavy atom. The molecule has 0 atom stereocenters. The number of allylic oxidation sites excluding steroid dienone is 1. The van der Waals surface area contributed by atoms with Gasteiger partial charge in [0.2, 0.25) is 0 Å². The van der Waals surface area contributed by atoms with E-state index in [0.717, 1.165) is 22.6 Å². The van der Waals surface area contributed by atoms with Crippen LogP contribution in [0.1, 0.15) is 22.5 Å². The number of benzene rings is 2. The molecule has 0 radical (unpaired) electrons. The highest BCUT2D eigenvalue weighted by molar-refractivity contribution is 6.30. The zero-order valence-electron chi connectivity index (χ0n) is 15.3. The summed E-state index contributed by atoms with van der Waals surface area (Å²) in [6.07, 6.45) is 1.70. The fourth-order valence-electron chi connectivity index (χ4n) is 3.15. The van der Waals surface area contributed by atoms with Crippen molar-refractivity contribution in [1.29, 1.82) is 5.26 Å². The first-order valence-corrected chi connectivity index (χ1v) is 8.73. The number of nitrogens with zero attached hydrogens (tertiary/aromatic N) is 2. The second kappa shape index (κ2) is 7.69. The fraction of sp³-hybridized carbons (Fsp3) is 0.136. The number of rotatable bonds is 4. The van der Waals surface area contributed by atoms with Crippen molar-refractivity contribution in [3.8, 4) is 17.5 Å². The summed E-state index contributed by atoms with van der Waals surface area (Å²) in [4.78, 5) is 0. The molecule has 0 unspecified atom stereocenters. The summed E-state index contributed by atoms with van der Waals surface area (Å²) in [7, 11) is 1.60. The van der Waals surface area contributed by atoms with Crippen LogP contribution >= 0.6 is 11.6 Å². The molecule has 136 valence electrons. The van der Waals surface area contributed by atoms with Gasteiger partial charge in [-0.05, 0) is 55.8 Å².